The molecule has 1 saturated carbocycles. The maximum atomic E-state index is 11.8. The van der Waals surface area contributed by atoms with E-state index in [1.165, 1.54) is 6.21 Å². The number of hydrogen-bond donors (Lipinski definition) is 4. The maximum absolute atomic E-state index is 11.8. The smallest absolute Gasteiger partial charge is 0.143 e. The molecule has 0 radical (unpaired) electrons. The van der Waals surface area contributed by atoms with Crippen molar-refractivity contribution in [1.82, 2.24) is 15.2 Å². The summed E-state index contributed by atoms with van der Waals surface area (Å²) in [5.41, 5.74) is 0.677. The van der Waals surface area contributed by atoms with E-state index in [9.17, 15) is 5.11 Å². The van der Waals surface area contributed by atoms with Crippen molar-refractivity contribution in [2.24, 2.45) is 11.3 Å². The van der Waals surface area contributed by atoms with Gasteiger partial charge >= 0.3 is 0 Å². The van der Waals surface area contributed by atoms with Crippen LogP contribution in [0.4, 0.5) is 17.5 Å². The summed E-state index contributed by atoms with van der Waals surface area (Å²) in [5.74, 6) is 2.64. The summed E-state index contributed by atoms with van der Waals surface area (Å²) >= 11 is 0. The Kier molecular flexibility index (Phi) is 6.03. The molecule has 0 amide bonds. The normalized spacial score (nSPS) is 24.8. The molecule has 0 bridgehead atoms. The first-order valence-corrected chi connectivity index (χ1v) is 11.2. The van der Waals surface area contributed by atoms with E-state index in [0.717, 1.165) is 37.3 Å². The molecule has 8 nitrogen and oxygen atoms in total. The van der Waals surface area contributed by atoms with Crippen LogP contribution in [0.25, 0.3) is 0 Å². The number of hydrogen-bond acceptors (Lipinski definition) is 7. The summed E-state index contributed by atoms with van der Waals surface area (Å²) in [5, 5.41) is 30.1. The van der Waals surface area contributed by atoms with Gasteiger partial charge in [0, 0.05) is 30.9 Å². The first-order chi connectivity index (χ1) is 14.8. The van der Waals surface area contributed by atoms with Crippen LogP contribution in [0.5, 0.6) is 0 Å². The van der Waals surface area contributed by atoms with Gasteiger partial charge in [-0.25, -0.2) is 4.98 Å². The van der Waals surface area contributed by atoms with E-state index in [1.807, 2.05) is 12.1 Å². The number of ether oxygens (including phenoxy) is 1. The van der Waals surface area contributed by atoms with Gasteiger partial charge in [-0.05, 0) is 48.6 Å². The largest absolute Gasteiger partial charge is 0.385 e. The Bertz CT molecular complexity index is 892. The quantitative estimate of drug-likeness (QED) is 0.541. The summed E-state index contributed by atoms with van der Waals surface area (Å²) in [6.45, 7) is 9.66. The number of H-pyrrole nitrogens is 1. The lowest BCUT2D eigenvalue weighted by Crippen LogP contribution is -2.39. The van der Waals surface area contributed by atoms with Gasteiger partial charge in [0.25, 0.3) is 0 Å². The minimum Gasteiger partial charge on any atom is -0.385 e. The lowest BCUT2D eigenvalue weighted by atomic mass is 9.66. The second kappa shape index (κ2) is 8.59. The van der Waals surface area contributed by atoms with Gasteiger partial charge in [-0.3, -0.25) is 5.10 Å². The predicted molar refractivity (Wildman–Crippen MR) is 122 cm³/mol. The van der Waals surface area contributed by atoms with Crippen molar-refractivity contribution in [2.45, 2.75) is 52.1 Å². The fraction of sp³-hybridized carbons (Fsp3) is 0.609. The van der Waals surface area contributed by atoms with Gasteiger partial charge < -0.3 is 25.5 Å². The minimum atomic E-state index is -0.969. The molecule has 1 saturated heterocycles. The molecular weight excluding hydrogens is 392 g/mol. The topological polar surface area (TPSA) is 110 Å². The first kappa shape index (κ1) is 21.8. The molecule has 4 rings (SSSR count). The molecule has 4 N–H and O–H groups in total. The van der Waals surface area contributed by atoms with E-state index in [0.29, 0.717) is 49.2 Å². The Hall–Kier alpha value is -2.45. The third kappa shape index (κ3) is 4.60. The molecule has 2 aromatic heterocycles. The number of nitrogens with one attached hydrogen (secondary N) is 3. The number of anilines is 3. The maximum Gasteiger partial charge on any atom is 0.143 e. The Morgan fingerprint density at radius 2 is 2.00 bits per heavy atom. The van der Waals surface area contributed by atoms with Crippen LogP contribution in [0.3, 0.4) is 0 Å². The van der Waals surface area contributed by atoms with Gasteiger partial charge in [-0.2, -0.15) is 5.10 Å². The van der Waals surface area contributed by atoms with Gasteiger partial charge in [-0.1, -0.05) is 20.8 Å². The minimum absolute atomic E-state index is 0.232. The second-order valence-corrected chi connectivity index (χ2v) is 9.80. The zero-order valence-electron chi connectivity index (χ0n) is 18.7. The SMILES string of the molecule is CC(C)(C)C1CCC(O)(c2cc(N3CCOCC3)nc(Nc3ccn[nH]3)c2C=N)CC1. The molecule has 1 aliphatic heterocycles. The van der Waals surface area contributed by atoms with Crippen LogP contribution in [-0.4, -0.2) is 52.8 Å². The highest BCUT2D eigenvalue weighted by Gasteiger charge is 2.40. The lowest BCUT2D eigenvalue weighted by molar-refractivity contribution is -0.0298. The van der Waals surface area contributed by atoms with E-state index >= 15 is 0 Å². The second-order valence-electron chi connectivity index (χ2n) is 9.80. The van der Waals surface area contributed by atoms with Crippen LogP contribution in [0.15, 0.2) is 18.3 Å². The zero-order chi connectivity index (χ0) is 22.1. The number of aliphatic hydroxyl groups is 1. The molecule has 168 valence electrons. The summed E-state index contributed by atoms with van der Waals surface area (Å²) in [7, 11) is 0. The molecule has 1 aliphatic carbocycles. The van der Waals surface area contributed by atoms with E-state index in [4.69, 9.17) is 15.1 Å². The predicted octanol–water partition coefficient (Wildman–Crippen LogP) is 3.81. The van der Waals surface area contributed by atoms with Crippen molar-refractivity contribution in [3.8, 4) is 0 Å². The van der Waals surface area contributed by atoms with Crippen molar-refractivity contribution in [1.29, 1.82) is 5.41 Å². The standard InChI is InChI=1S/C23H34N6O2/c1-22(2,3)16-4-7-23(30,8-5-16)18-14-20(29-10-12-31-13-11-29)27-21(17(18)15-24)26-19-6-9-25-28-19/h6,9,14-16,24,30H,4-5,7-8,10-13H2,1-3H3,(H2,25,26,27,28). The third-order valence-corrected chi connectivity index (χ3v) is 6.82. The van der Waals surface area contributed by atoms with Crippen LogP contribution in [0, 0.1) is 16.7 Å². The molecule has 2 aromatic rings. The van der Waals surface area contributed by atoms with E-state index in [2.05, 4.69) is 41.2 Å². The number of aromatic nitrogens is 3. The van der Waals surface area contributed by atoms with Crippen molar-refractivity contribution in [2.75, 3.05) is 36.5 Å². The summed E-state index contributed by atoms with van der Waals surface area (Å²) < 4.78 is 5.51. The van der Waals surface area contributed by atoms with Gasteiger partial charge in [0.15, 0.2) is 0 Å². The van der Waals surface area contributed by atoms with Crippen molar-refractivity contribution < 1.29 is 9.84 Å². The van der Waals surface area contributed by atoms with Gasteiger partial charge in [-0.15, -0.1) is 0 Å². The van der Waals surface area contributed by atoms with Crippen LogP contribution >= 0.6 is 0 Å². The molecule has 0 spiro atoms. The summed E-state index contributed by atoms with van der Waals surface area (Å²) in [4.78, 5) is 7.02. The van der Waals surface area contributed by atoms with Crippen LogP contribution in [-0.2, 0) is 10.3 Å². The molecule has 8 heteroatoms. The van der Waals surface area contributed by atoms with Gasteiger partial charge in [0.2, 0.25) is 0 Å². The molecule has 2 aliphatic rings. The van der Waals surface area contributed by atoms with Crippen molar-refractivity contribution in [3.63, 3.8) is 0 Å². The Labute approximate surface area is 183 Å². The lowest BCUT2D eigenvalue weighted by Gasteiger charge is -2.42. The highest BCUT2D eigenvalue weighted by Crippen LogP contribution is 2.47. The number of pyridine rings is 1. The Morgan fingerprint density at radius 1 is 1.29 bits per heavy atom. The van der Waals surface area contributed by atoms with Crippen molar-refractivity contribution in [3.05, 3.63) is 29.5 Å². The van der Waals surface area contributed by atoms with Gasteiger partial charge in [0.1, 0.15) is 17.5 Å². The Balaban J connectivity index is 1.73. The molecule has 3 heterocycles. The van der Waals surface area contributed by atoms with E-state index in [-0.39, 0.29) is 5.41 Å². The number of nitrogens with zero attached hydrogens (tertiary/aromatic N) is 3. The zero-order valence-corrected chi connectivity index (χ0v) is 18.7. The highest BCUT2D eigenvalue weighted by molar-refractivity contribution is 5.89. The fourth-order valence-electron chi connectivity index (χ4n) is 4.81. The average Bonchev–Trinajstić information content (AvgIpc) is 3.26. The summed E-state index contributed by atoms with van der Waals surface area (Å²) in [6.07, 6.45) is 6.28. The van der Waals surface area contributed by atoms with Crippen molar-refractivity contribution >= 4 is 23.7 Å². The summed E-state index contributed by atoms with van der Waals surface area (Å²) in [6, 6.07) is 3.81. The van der Waals surface area contributed by atoms with Crippen LogP contribution < -0.4 is 10.2 Å². The molecule has 0 unspecified atom stereocenters. The Morgan fingerprint density at radius 3 is 2.58 bits per heavy atom. The van der Waals surface area contributed by atoms with E-state index in [1.54, 1.807) is 6.20 Å². The molecular formula is C23H34N6O2. The number of aromatic amines is 1. The van der Waals surface area contributed by atoms with E-state index < -0.39 is 5.60 Å². The van der Waals surface area contributed by atoms with Crippen LogP contribution in [0.1, 0.15) is 57.6 Å². The average molecular weight is 427 g/mol. The molecule has 0 aromatic carbocycles. The molecule has 2 fully saturated rings. The van der Waals surface area contributed by atoms with Gasteiger partial charge in [0.05, 0.1) is 25.0 Å². The fourth-order valence-corrected chi connectivity index (χ4v) is 4.81. The highest BCUT2D eigenvalue weighted by atomic mass is 16.5. The number of morpholine rings is 1. The first-order valence-electron chi connectivity index (χ1n) is 11.2. The van der Waals surface area contributed by atoms with Crippen LogP contribution in [0.2, 0.25) is 0 Å². The monoisotopic (exact) mass is 426 g/mol. The third-order valence-electron chi connectivity index (χ3n) is 6.82. The molecule has 31 heavy (non-hydrogen) atoms. The number of rotatable bonds is 5. The molecule has 0 atom stereocenters.